The van der Waals surface area contributed by atoms with Gasteiger partial charge < -0.3 is 31.2 Å². The maximum Gasteiger partial charge on any atom is 0.253 e. The fourth-order valence-corrected chi connectivity index (χ4v) is 3.81. The van der Waals surface area contributed by atoms with Gasteiger partial charge in [-0.25, -0.2) is 0 Å². The van der Waals surface area contributed by atoms with Crippen LogP contribution in [0.3, 0.4) is 0 Å². The molecule has 0 aliphatic carbocycles. The molecule has 35 heavy (non-hydrogen) atoms. The van der Waals surface area contributed by atoms with Crippen LogP contribution in [0, 0.1) is 5.41 Å². The first-order chi connectivity index (χ1) is 16.6. The van der Waals surface area contributed by atoms with E-state index in [1.165, 1.54) is 18.3 Å². The Morgan fingerprint density at radius 1 is 1.26 bits per heavy atom. The average molecular weight is 521 g/mol. The maximum atomic E-state index is 12.6. The zero-order valence-electron chi connectivity index (χ0n) is 19.2. The van der Waals surface area contributed by atoms with Crippen LogP contribution in [0.2, 0.25) is 10.0 Å². The highest BCUT2D eigenvalue weighted by Gasteiger charge is 2.23. The number of aldehydes is 1. The molecule has 186 valence electrons. The summed E-state index contributed by atoms with van der Waals surface area (Å²) >= 11 is 11.9. The van der Waals surface area contributed by atoms with Gasteiger partial charge in [-0.2, -0.15) is 0 Å². The van der Waals surface area contributed by atoms with Crippen molar-refractivity contribution in [1.82, 2.24) is 20.9 Å². The van der Waals surface area contributed by atoms with Crippen molar-refractivity contribution in [3.63, 3.8) is 0 Å². The average Bonchev–Trinajstić information content (AvgIpc) is 2.81. The molecule has 2 amide bonds. The lowest BCUT2D eigenvalue weighted by Crippen LogP contribution is -2.44. The van der Waals surface area contributed by atoms with E-state index < -0.39 is 17.9 Å². The number of anilines is 1. The second-order valence-corrected chi connectivity index (χ2v) is 9.64. The molecule has 3 rings (SSSR count). The Kier molecular flexibility index (Phi) is 8.52. The van der Waals surface area contributed by atoms with Crippen LogP contribution < -0.4 is 21.3 Å². The Bertz CT molecular complexity index is 1150. The van der Waals surface area contributed by atoms with Gasteiger partial charge in [-0.3, -0.25) is 19.6 Å². The van der Waals surface area contributed by atoms with E-state index in [1.54, 1.807) is 12.3 Å². The number of nitrogens with zero attached hydrogens (tertiary/aromatic N) is 2. The number of aliphatic imine (C=N–C) groups is 1. The quantitative estimate of drug-likeness (QED) is 0.336. The van der Waals surface area contributed by atoms with Crippen LogP contribution in [0.15, 0.2) is 35.6 Å². The first kappa shape index (κ1) is 26.2. The standard InChI is InChI=1S/C23H26Cl2N6O4/c1-23(2)11-28-22(29-12-23)30-15-5-13(8-26-9-15)21(35)27-10-19(33)31-18(3-4-32)16-6-14(24)7-17(25)20(16)34/h4-9,18,34H,3,10-12H2,1-2H3,(H,27,35)(H,31,33)(H2,28,29,30). The molecule has 0 fully saturated rings. The lowest BCUT2D eigenvalue weighted by Gasteiger charge is -2.29. The number of aromatic nitrogens is 1. The molecule has 10 nitrogen and oxygen atoms in total. The van der Waals surface area contributed by atoms with E-state index in [1.807, 2.05) is 0 Å². The molecule has 2 heterocycles. The second-order valence-electron chi connectivity index (χ2n) is 8.80. The van der Waals surface area contributed by atoms with E-state index in [2.05, 4.69) is 45.1 Å². The van der Waals surface area contributed by atoms with Crippen molar-refractivity contribution in [2.75, 3.05) is 25.0 Å². The first-order valence-electron chi connectivity index (χ1n) is 10.8. The molecule has 1 aromatic carbocycles. The number of phenolic OH excluding ortho intramolecular Hbond substituents is 1. The molecule has 0 spiro atoms. The summed E-state index contributed by atoms with van der Waals surface area (Å²) in [6.45, 7) is 5.26. The molecule has 0 saturated heterocycles. The van der Waals surface area contributed by atoms with Gasteiger partial charge in [0.1, 0.15) is 12.0 Å². The normalized spacial score (nSPS) is 15.3. The largest absolute Gasteiger partial charge is 0.506 e. The van der Waals surface area contributed by atoms with Gasteiger partial charge in [0.05, 0.1) is 35.1 Å². The minimum Gasteiger partial charge on any atom is -0.506 e. The Labute approximate surface area is 212 Å². The zero-order valence-corrected chi connectivity index (χ0v) is 20.7. The van der Waals surface area contributed by atoms with E-state index in [4.69, 9.17) is 23.2 Å². The summed E-state index contributed by atoms with van der Waals surface area (Å²) in [5, 5.41) is 21.8. The fraction of sp³-hybridized carbons (Fsp3) is 0.348. The van der Waals surface area contributed by atoms with Crippen molar-refractivity contribution in [3.8, 4) is 5.75 Å². The molecule has 1 aliphatic rings. The number of carbonyl (C=O) groups excluding carboxylic acids is 3. The van der Waals surface area contributed by atoms with Gasteiger partial charge in [0.15, 0.2) is 5.96 Å². The van der Waals surface area contributed by atoms with Gasteiger partial charge in [-0.05, 0) is 18.2 Å². The van der Waals surface area contributed by atoms with Crippen molar-refractivity contribution in [2.24, 2.45) is 10.4 Å². The Morgan fingerprint density at radius 3 is 2.71 bits per heavy atom. The summed E-state index contributed by atoms with van der Waals surface area (Å²) in [4.78, 5) is 44.7. The molecule has 0 bridgehead atoms. The molecular weight excluding hydrogens is 495 g/mol. The summed E-state index contributed by atoms with van der Waals surface area (Å²) in [6, 6.07) is 3.46. The monoisotopic (exact) mass is 520 g/mol. The van der Waals surface area contributed by atoms with Gasteiger partial charge in [0, 0.05) is 41.7 Å². The predicted molar refractivity (Wildman–Crippen MR) is 134 cm³/mol. The number of carbonyl (C=O) groups is 3. The Balaban J connectivity index is 1.60. The lowest BCUT2D eigenvalue weighted by atomic mass is 9.93. The highest BCUT2D eigenvalue weighted by Crippen LogP contribution is 2.35. The van der Waals surface area contributed by atoms with E-state index in [-0.39, 0.29) is 45.3 Å². The smallest absolute Gasteiger partial charge is 0.253 e. The van der Waals surface area contributed by atoms with Gasteiger partial charge >= 0.3 is 0 Å². The molecular formula is C23H26Cl2N6O4. The van der Waals surface area contributed by atoms with Crippen molar-refractivity contribution in [2.45, 2.75) is 26.3 Å². The number of halogens is 2. The van der Waals surface area contributed by atoms with Crippen LogP contribution in [0.4, 0.5) is 5.69 Å². The van der Waals surface area contributed by atoms with E-state index >= 15 is 0 Å². The topological polar surface area (TPSA) is 145 Å². The van der Waals surface area contributed by atoms with Crippen molar-refractivity contribution >= 4 is 52.9 Å². The minimum absolute atomic E-state index is 0.00922. The van der Waals surface area contributed by atoms with Crippen molar-refractivity contribution < 1.29 is 19.5 Å². The third-order valence-corrected chi connectivity index (χ3v) is 5.68. The number of guanidine groups is 1. The van der Waals surface area contributed by atoms with Gasteiger partial charge in [0.25, 0.3) is 5.91 Å². The van der Waals surface area contributed by atoms with Crippen LogP contribution in [0.1, 0.15) is 42.2 Å². The summed E-state index contributed by atoms with van der Waals surface area (Å²) < 4.78 is 0. The Morgan fingerprint density at radius 2 is 2.03 bits per heavy atom. The molecule has 12 heteroatoms. The van der Waals surface area contributed by atoms with E-state index in [0.29, 0.717) is 24.5 Å². The maximum absolute atomic E-state index is 12.6. The van der Waals surface area contributed by atoms with Gasteiger partial charge in [-0.15, -0.1) is 0 Å². The van der Waals surface area contributed by atoms with Gasteiger partial charge in [0.2, 0.25) is 5.91 Å². The number of hydrogen-bond acceptors (Lipinski definition) is 8. The van der Waals surface area contributed by atoms with Crippen LogP contribution in [0.25, 0.3) is 0 Å². The molecule has 2 aromatic rings. The third kappa shape index (κ3) is 7.30. The molecule has 1 atom stereocenters. The SMILES string of the molecule is CC1(C)CN=C(Nc2cncc(C(=O)NCC(=O)NC(CC=O)c3cc(Cl)cc(Cl)c3O)c2)NC1. The lowest BCUT2D eigenvalue weighted by molar-refractivity contribution is -0.121. The van der Waals surface area contributed by atoms with Crippen LogP contribution >= 0.6 is 23.2 Å². The number of hydrogen-bond donors (Lipinski definition) is 5. The first-order valence-corrected chi connectivity index (χ1v) is 11.5. The summed E-state index contributed by atoms with van der Waals surface area (Å²) in [5.41, 5.74) is 1.06. The summed E-state index contributed by atoms with van der Waals surface area (Å²) in [5.74, 6) is -0.792. The minimum atomic E-state index is -0.879. The molecule has 5 N–H and O–H groups in total. The number of nitrogens with one attached hydrogen (secondary N) is 4. The predicted octanol–water partition coefficient (Wildman–Crippen LogP) is 2.67. The van der Waals surface area contributed by atoms with Crippen molar-refractivity contribution in [3.05, 3.63) is 51.8 Å². The summed E-state index contributed by atoms with van der Waals surface area (Å²) in [6.07, 6.45) is 3.39. The number of amides is 2. The third-order valence-electron chi connectivity index (χ3n) is 5.17. The summed E-state index contributed by atoms with van der Waals surface area (Å²) in [7, 11) is 0. The molecule has 0 radical (unpaired) electrons. The number of benzene rings is 1. The van der Waals surface area contributed by atoms with Crippen LogP contribution in [0.5, 0.6) is 5.75 Å². The molecule has 0 saturated carbocycles. The number of rotatable bonds is 8. The zero-order chi connectivity index (χ0) is 25.6. The van der Waals surface area contributed by atoms with Gasteiger partial charge in [-0.1, -0.05) is 37.0 Å². The number of phenols is 1. The molecule has 1 aromatic heterocycles. The number of pyridine rings is 1. The van der Waals surface area contributed by atoms with Crippen LogP contribution in [-0.2, 0) is 9.59 Å². The highest BCUT2D eigenvalue weighted by atomic mass is 35.5. The second kappa shape index (κ2) is 11.4. The molecule has 1 unspecified atom stereocenters. The van der Waals surface area contributed by atoms with E-state index in [9.17, 15) is 19.5 Å². The van der Waals surface area contributed by atoms with Crippen LogP contribution in [-0.4, -0.2) is 53.8 Å². The van der Waals surface area contributed by atoms with E-state index in [0.717, 1.165) is 6.54 Å². The Hall–Kier alpha value is -3.37. The number of aromatic hydroxyl groups is 1. The molecule has 1 aliphatic heterocycles. The van der Waals surface area contributed by atoms with Crippen molar-refractivity contribution in [1.29, 1.82) is 0 Å². The highest BCUT2D eigenvalue weighted by molar-refractivity contribution is 6.35. The fourth-order valence-electron chi connectivity index (χ4n) is 3.30.